The van der Waals surface area contributed by atoms with Crippen LogP contribution in [0.4, 0.5) is 34.1 Å². The van der Waals surface area contributed by atoms with E-state index < -0.39 is 0 Å². The summed E-state index contributed by atoms with van der Waals surface area (Å²) in [5, 5.41) is 10.3. The minimum absolute atomic E-state index is 0.887. The summed E-state index contributed by atoms with van der Waals surface area (Å²) in [6.45, 7) is 12.5. The van der Waals surface area contributed by atoms with Gasteiger partial charge in [0, 0.05) is 144 Å². The van der Waals surface area contributed by atoms with Crippen molar-refractivity contribution in [1.82, 2.24) is 22.8 Å². The minimum atomic E-state index is 0.887. The van der Waals surface area contributed by atoms with Crippen LogP contribution in [0, 0.1) is 0 Å². The number of nitrogens with zero attached hydrogens (tertiary/aromatic N) is 7. The Morgan fingerprint density at radius 2 is 0.487 bits per heavy atom. The van der Waals surface area contributed by atoms with E-state index in [9.17, 15) is 0 Å². The highest BCUT2D eigenvalue weighted by Gasteiger charge is 2.22. The number of benzene rings is 10. The van der Waals surface area contributed by atoms with Crippen molar-refractivity contribution >= 4 is 121 Å². The molecule has 0 unspecified atom stereocenters. The van der Waals surface area contributed by atoms with Crippen LogP contribution in [0.3, 0.4) is 0 Å². The predicted octanol–water partition coefficient (Wildman–Crippen LogP) is 19.8. The van der Waals surface area contributed by atoms with Gasteiger partial charge in [0.1, 0.15) is 0 Å². The molecule has 15 aromatic rings. The lowest BCUT2D eigenvalue weighted by Gasteiger charge is -2.26. The fourth-order valence-electron chi connectivity index (χ4n) is 13.6. The topological polar surface area (TPSA) is 31.1 Å². The largest absolute Gasteiger partial charge is 0.344 e. The monoisotopic (exact) mass is 1040 g/mol. The van der Waals surface area contributed by atoms with Crippen LogP contribution in [0.1, 0.15) is 27.7 Å². The van der Waals surface area contributed by atoms with Crippen molar-refractivity contribution in [3.63, 3.8) is 0 Å². The van der Waals surface area contributed by atoms with Crippen molar-refractivity contribution < 1.29 is 0 Å². The van der Waals surface area contributed by atoms with Crippen molar-refractivity contribution in [2.75, 3.05) is 9.80 Å². The molecule has 7 heteroatoms. The minimum Gasteiger partial charge on any atom is -0.344 e. The molecule has 0 fully saturated rings. The maximum atomic E-state index is 2.45. The quantitative estimate of drug-likeness (QED) is 0.122. The van der Waals surface area contributed by atoms with Crippen LogP contribution >= 0.6 is 0 Å². The van der Waals surface area contributed by atoms with Gasteiger partial charge >= 0.3 is 0 Å². The van der Waals surface area contributed by atoms with E-state index in [1.165, 1.54) is 87.2 Å². The van der Waals surface area contributed by atoms with E-state index in [-0.39, 0.29) is 0 Å². The lowest BCUT2D eigenvalue weighted by Crippen LogP contribution is -2.10. The SMILES string of the molecule is CCn1c2ccccc2c2ccc(N(c3ccc(-c4ccc(-c5ccc(N(c6ccc7c8ccccc8n(CC)c7c6)c6ccc7c8ccccc8n(CC)c7c6)cc5)n4C)cc3)c3ccc4c5ccccc5n(CC)c4c3)cc21. The van der Waals surface area contributed by atoms with Crippen LogP contribution in [0.25, 0.3) is 110 Å². The predicted molar refractivity (Wildman–Crippen MR) is 340 cm³/mol. The maximum absolute atomic E-state index is 2.45. The van der Waals surface area contributed by atoms with Crippen LogP contribution in [-0.4, -0.2) is 22.8 Å². The molecule has 0 aliphatic rings. The summed E-state index contributed by atoms with van der Waals surface area (Å²) in [6.07, 6.45) is 0. The molecule has 0 saturated heterocycles. The van der Waals surface area contributed by atoms with E-state index in [1.54, 1.807) is 0 Å². The number of fused-ring (bicyclic) bond motifs is 12. The molecule has 0 bridgehead atoms. The molecule has 0 aliphatic heterocycles. The molecule has 0 N–H and O–H groups in total. The van der Waals surface area contributed by atoms with Gasteiger partial charge in [-0.05, 0) is 148 Å². The number of rotatable bonds is 12. The van der Waals surface area contributed by atoms with E-state index in [0.29, 0.717) is 0 Å². The first-order valence-corrected chi connectivity index (χ1v) is 28.4. The third kappa shape index (κ3) is 7.19. The van der Waals surface area contributed by atoms with Gasteiger partial charge in [0.2, 0.25) is 0 Å². The van der Waals surface area contributed by atoms with Gasteiger partial charge in [-0.15, -0.1) is 0 Å². The lowest BCUT2D eigenvalue weighted by atomic mass is 10.1. The van der Waals surface area contributed by atoms with Gasteiger partial charge in [0.15, 0.2) is 0 Å². The van der Waals surface area contributed by atoms with E-state index in [2.05, 4.69) is 298 Å². The Labute approximate surface area is 465 Å². The smallest absolute Gasteiger partial charge is 0.0512 e. The summed E-state index contributed by atoms with van der Waals surface area (Å²) in [7, 11) is 2.19. The highest BCUT2D eigenvalue weighted by atomic mass is 15.2. The Morgan fingerprint density at radius 1 is 0.250 bits per heavy atom. The average molecular weight is 1040 g/mol. The fraction of sp³-hybridized carbons (Fsp3) is 0.123. The number of anilines is 6. The zero-order valence-electron chi connectivity index (χ0n) is 45.9. The molecule has 0 aliphatic carbocycles. The Bertz CT molecular complexity index is 4350. The van der Waals surface area contributed by atoms with Crippen LogP contribution in [0.15, 0.2) is 231 Å². The third-order valence-electron chi connectivity index (χ3n) is 17.3. The van der Waals surface area contributed by atoms with Gasteiger partial charge in [0.05, 0.1) is 22.1 Å². The zero-order valence-corrected chi connectivity index (χ0v) is 45.9. The summed E-state index contributed by atoms with van der Waals surface area (Å²) in [5.41, 5.74) is 21.4. The van der Waals surface area contributed by atoms with Crippen LogP contribution in [0.2, 0.25) is 0 Å². The van der Waals surface area contributed by atoms with Gasteiger partial charge in [-0.3, -0.25) is 0 Å². The fourth-order valence-corrected chi connectivity index (χ4v) is 13.6. The molecular weight excluding hydrogens is 975 g/mol. The normalized spacial score (nSPS) is 12.0. The second kappa shape index (κ2) is 18.7. The molecule has 80 heavy (non-hydrogen) atoms. The zero-order chi connectivity index (χ0) is 53.8. The molecule has 0 radical (unpaired) electrons. The third-order valence-corrected chi connectivity index (χ3v) is 17.3. The molecule has 0 amide bonds. The first-order chi connectivity index (χ1) is 39.4. The van der Waals surface area contributed by atoms with E-state index >= 15 is 0 Å². The molecule has 5 heterocycles. The van der Waals surface area contributed by atoms with Crippen LogP contribution < -0.4 is 9.80 Å². The second-order valence-electron chi connectivity index (χ2n) is 21.3. The van der Waals surface area contributed by atoms with Gasteiger partial charge < -0.3 is 32.6 Å². The van der Waals surface area contributed by atoms with Gasteiger partial charge in [-0.2, -0.15) is 0 Å². The molecule has 5 aromatic heterocycles. The molecule has 0 spiro atoms. The maximum Gasteiger partial charge on any atom is 0.0512 e. The van der Waals surface area contributed by atoms with Gasteiger partial charge in [-0.25, -0.2) is 0 Å². The molecule has 7 nitrogen and oxygen atoms in total. The van der Waals surface area contributed by atoms with Gasteiger partial charge in [-0.1, -0.05) is 121 Å². The molecular formula is C73H61N7. The van der Waals surface area contributed by atoms with Crippen molar-refractivity contribution in [2.24, 2.45) is 7.05 Å². The lowest BCUT2D eigenvalue weighted by molar-refractivity contribution is 0.827. The summed E-state index contributed by atoms with van der Waals surface area (Å²) >= 11 is 0. The van der Waals surface area contributed by atoms with Gasteiger partial charge in [0.25, 0.3) is 0 Å². The number of hydrogen-bond donors (Lipinski definition) is 0. The Kier molecular flexibility index (Phi) is 11.1. The Morgan fingerprint density at radius 3 is 0.750 bits per heavy atom. The number of hydrogen-bond acceptors (Lipinski definition) is 2. The van der Waals surface area contributed by atoms with E-state index in [1.807, 2.05) is 0 Å². The van der Waals surface area contributed by atoms with Crippen LogP contribution in [-0.2, 0) is 33.2 Å². The molecule has 15 rings (SSSR count). The Hall–Kier alpha value is -9.72. The molecule has 10 aromatic carbocycles. The Balaban J connectivity index is 0.804. The summed E-state index contributed by atoms with van der Waals surface area (Å²) < 4.78 is 12.1. The average Bonchev–Trinajstić information content (AvgIpc) is 4.48. The summed E-state index contributed by atoms with van der Waals surface area (Å²) in [4.78, 5) is 4.87. The van der Waals surface area contributed by atoms with Crippen LogP contribution in [0.5, 0.6) is 0 Å². The first-order valence-electron chi connectivity index (χ1n) is 28.4. The summed E-state index contributed by atoms with van der Waals surface area (Å²) in [5.74, 6) is 0. The summed E-state index contributed by atoms with van der Waals surface area (Å²) in [6, 6.07) is 86.0. The van der Waals surface area contributed by atoms with Crippen molar-refractivity contribution in [3.05, 3.63) is 231 Å². The second-order valence-corrected chi connectivity index (χ2v) is 21.3. The highest BCUT2D eigenvalue weighted by molar-refractivity contribution is 6.13. The number of aryl methyl sites for hydroxylation is 4. The van der Waals surface area contributed by atoms with Crippen molar-refractivity contribution in [3.8, 4) is 22.5 Å². The number of aromatic nitrogens is 5. The molecule has 0 atom stereocenters. The number of para-hydroxylation sites is 4. The van der Waals surface area contributed by atoms with Crippen molar-refractivity contribution in [2.45, 2.75) is 53.9 Å². The molecule has 388 valence electrons. The van der Waals surface area contributed by atoms with E-state index in [0.717, 1.165) is 82.8 Å². The van der Waals surface area contributed by atoms with E-state index in [4.69, 9.17) is 0 Å². The first kappa shape index (κ1) is 47.5. The highest BCUT2D eigenvalue weighted by Crippen LogP contribution is 2.44. The standard InChI is InChI=1S/C73H61N7/c1-6-75-66-22-14-10-18-56(66)60-38-34-52(44-70(60)75)79(53-35-39-61-57-19-11-15-23-67(57)76(7-2)71(61)45-53)50-30-26-48(27-31-50)64-42-43-65(74(64)5)49-28-32-51(33-29-49)80(54-36-40-62-58-20-12-16-24-68(58)77(8-3)72(62)46-54)55-37-41-63-59-21-13-17-25-69(59)78(9-4)73(63)47-55/h10-47H,6-9H2,1-5H3. The van der Waals surface area contributed by atoms with Crippen molar-refractivity contribution in [1.29, 1.82) is 0 Å². The molecule has 0 saturated carbocycles.